The van der Waals surface area contributed by atoms with Gasteiger partial charge in [0.05, 0.1) is 0 Å². The normalized spacial score (nSPS) is 12.5. The Balaban J connectivity index is 3.38. The molecule has 0 atom stereocenters. The molecule has 0 heterocycles. The highest BCUT2D eigenvalue weighted by Crippen LogP contribution is 2.36. The van der Waals surface area contributed by atoms with E-state index in [4.69, 9.17) is 9.11 Å². The van der Waals surface area contributed by atoms with Crippen LogP contribution in [0.5, 0.6) is 11.5 Å². The van der Waals surface area contributed by atoms with Gasteiger partial charge < -0.3 is 8.37 Å². The summed E-state index contributed by atoms with van der Waals surface area (Å²) in [7, 11) is -9.52. The minimum absolute atomic E-state index is 0.0674. The summed E-state index contributed by atoms with van der Waals surface area (Å²) in [5.41, 5.74) is 0.0674. The van der Waals surface area contributed by atoms with Crippen molar-refractivity contribution in [3.05, 3.63) is 23.8 Å². The summed E-state index contributed by atoms with van der Waals surface area (Å²) in [6.45, 7) is 3.23. The summed E-state index contributed by atoms with van der Waals surface area (Å²) < 4.78 is 68.7. The van der Waals surface area contributed by atoms with Crippen LogP contribution in [0.4, 0.5) is 0 Å². The molecule has 19 heavy (non-hydrogen) atoms. The molecule has 8 nitrogen and oxygen atoms in total. The van der Waals surface area contributed by atoms with Gasteiger partial charge in [0.2, 0.25) is 0 Å². The molecular formula is C9H12O8S2. The summed E-state index contributed by atoms with van der Waals surface area (Å²) >= 11 is 0. The monoisotopic (exact) mass is 312 g/mol. The predicted molar refractivity (Wildman–Crippen MR) is 64.9 cm³/mol. The van der Waals surface area contributed by atoms with Crippen molar-refractivity contribution in [3.8, 4) is 11.5 Å². The Kier molecular flexibility index (Phi) is 4.40. The second-order valence-corrected chi connectivity index (χ2v) is 5.89. The lowest BCUT2D eigenvalue weighted by atomic mass is 10.0. The predicted octanol–water partition coefficient (Wildman–Crippen LogP) is 1.17. The number of hydrogen-bond donors (Lipinski definition) is 2. The molecule has 0 aliphatic heterocycles. The first-order valence-corrected chi connectivity index (χ1v) is 7.69. The van der Waals surface area contributed by atoms with Crippen LogP contribution in [-0.2, 0) is 20.8 Å². The van der Waals surface area contributed by atoms with E-state index < -0.39 is 26.7 Å². The second kappa shape index (κ2) is 5.33. The van der Waals surface area contributed by atoms with Crippen LogP contribution in [0, 0.1) is 0 Å². The largest absolute Gasteiger partial charge is 0.446 e. The molecule has 0 aliphatic carbocycles. The van der Waals surface area contributed by atoms with Crippen molar-refractivity contribution in [3.63, 3.8) is 0 Å². The molecule has 0 aromatic heterocycles. The zero-order valence-corrected chi connectivity index (χ0v) is 11.6. The molecule has 0 unspecified atom stereocenters. The van der Waals surface area contributed by atoms with Crippen molar-refractivity contribution < 1.29 is 34.3 Å². The van der Waals surface area contributed by atoms with E-state index in [-0.39, 0.29) is 17.1 Å². The molecular weight excluding hydrogens is 300 g/mol. The van der Waals surface area contributed by atoms with Gasteiger partial charge in [0.15, 0.2) is 11.5 Å². The maximum atomic E-state index is 10.7. The molecule has 0 fully saturated rings. The van der Waals surface area contributed by atoms with Gasteiger partial charge in [0.25, 0.3) is 0 Å². The minimum Gasteiger partial charge on any atom is -0.361 e. The van der Waals surface area contributed by atoms with Crippen LogP contribution in [0.1, 0.15) is 25.3 Å². The van der Waals surface area contributed by atoms with Crippen molar-refractivity contribution in [1.82, 2.24) is 0 Å². The molecule has 0 saturated heterocycles. The van der Waals surface area contributed by atoms with E-state index in [0.29, 0.717) is 0 Å². The van der Waals surface area contributed by atoms with Crippen LogP contribution in [-0.4, -0.2) is 25.9 Å². The fourth-order valence-electron chi connectivity index (χ4n) is 1.47. The van der Waals surface area contributed by atoms with Crippen molar-refractivity contribution in [2.75, 3.05) is 0 Å². The first kappa shape index (κ1) is 15.7. The summed E-state index contributed by atoms with van der Waals surface area (Å²) in [4.78, 5) is 0. The molecule has 2 N–H and O–H groups in total. The molecule has 1 rings (SSSR count). The lowest BCUT2D eigenvalue weighted by Crippen LogP contribution is -2.12. The van der Waals surface area contributed by atoms with E-state index in [2.05, 4.69) is 8.37 Å². The molecule has 0 saturated carbocycles. The number of hydrogen-bond acceptors (Lipinski definition) is 6. The van der Waals surface area contributed by atoms with E-state index in [1.54, 1.807) is 13.8 Å². The van der Waals surface area contributed by atoms with Crippen LogP contribution in [0.2, 0.25) is 0 Å². The Morgan fingerprint density at radius 1 is 0.947 bits per heavy atom. The van der Waals surface area contributed by atoms with Crippen molar-refractivity contribution in [2.45, 2.75) is 19.8 Å². The lowest BCUT2D eigenvalue weighted by molar-refractivity contribution is 0.377. The molecule has 0 bridgehead atoms. The summed E-state index contributed by atoms with van der Waals surface area (Å²) in [5.74, 6) is -0.980. The Hall–Kier alpha value is -1.36. The number of benzene rings is 1. The molecule has 10 heteroatoms. The maximum Gasteiger partial charge on any atom is 0.446 e. The highest BCUT2D eigenvalue weighted by molar-refractivity contribution is 7.81. The second-order valence-electron chi connectivity index (χ2n) is 3.84. The van der Waals surface area contributed by atoms with Gasteiger partial charge in [-0.3, -0.25) is 9.11 Å². The van der Waals surface area contributed by atoms with Crippen LogP contribution < -0.4 is 8.37 Å². The highest BCUT2D eigenvalue weighted by atomic mass is 32.3. The van der Waals surface area contributed by atoms with E-state index >= 15 is 0 Å². The van der Waals surface area contributed by atoms with Gasteiger partial charge >= 0.3 is 20.8 Å². The smallest absolute Gasteiger partial charge is 0.361 e. The molecule has 0 amide bonds. The van der Waals surface area contributed by atoms with Gasteiger partial charge in [-0.1, -0.05) is 19.9 Å². The van der Waals surface area contributed by atoms with E-state index in [1.807, 2.05) is 0 Å². The van der Waals surface area contributed by atoms with Gasteiger partial charge in [-0.05, 0) is 18.1 Å². The molecule has 0 aliphatic rings. The zero-order chi connectivity index (χ0) is 14.8. The summed E-state index contributed by atoms with van der Waals surface area (Å²) in [5, 5.41) is 0. The van der Waals surface area contributed by atoms with Gasteiger partial charge in [-0.15, -0.1) is 0 Å². The molecule has 0 spiro atoms. The van der Waals surface area contributed by atoms with Gasteiger partial charge in [-0.2, -0.15) is 16.8 Å². The number of rotatable bonds is 5. The summed E-state index contributed by atoms with van der Waals surface area (Å²) in [6.07, 6.45) is 0. The van der Waals surface area contributed by atoms with Gasteiger partial charge in [0, 0.05) is 5.56 Å². The average molecular weight is 312 g/mol. The van der Waals surface area contributed by atoms with Crippen molar-refractivity contribution >= 4 is 20.8 Å². The standard InChI is InChI=1S/C9H12O8S2/c1-6(2)9-7(16-18(10,11)12)4-3-5-8(9)17-19(13,14)15/h3-6H,1-2H3,(H,10,11,12)(H,13,14,15). The third-order valence-corrected chi connectivity index (χ3v) is 2.77. The Morgan fingerprint density at radius 3 is 1.58 bits per heavy atom. The van der Waals surface area contributed by atoms with Crippen molar-refractivity contribution in [2.24, 2.45) is 0 Å². The topological polar surface area (TPSA) is 127 Å². The van der Waals surface area contributed by atoms with Crippen LogP contribution in [0.25, 0.3) is 0 Å². The molecule has 1 aromatic carbocycles. The Labute approximate surface area is 110 Å². The minimum atomic E-state index is -4.76. The van der Waals surface area contributed by atoms with Crippen molar-refractivity contribution in [1.29, 1.82) is 0 Å². The molecule has 108 valence electrons. The van der Waals surface area contributed by atoms with Crippen LogP contribution >= 0.6 is 0 Å². The van der Waals surface area contributed by atoms with Crippen LogP contribution in [0.15, 0.2) is 18.2 Å². The molecule has 1 aromatic rings. The average Bonchev–Trinajstić information content (AvgIpc) is 2.11. The molecule has 0 radical (unpaired) electrons. The highest BCUT2D eigenvalue weighted by Gasteiger charge is 2.21. The Bertz CT molecular complexity index is 607. The first-order valence-electron chi connectivity index (χ1n) is 4.96. The fourth-order valence-corrected chi connectivity index (χ4v) is 2.21. The van der Waals surface area contributed by atoms with Gasteiger partial charge in [-0.25, -0.2) is 0 Å². The lowest BCUT2D eigenvalue weighted by Gasteiger charge is -2.15. The van der Waals surface area contributed by atoms with E-state index in [0.717, 1.165) is 0 Å². The van der Waals surface area contributed by atoms with E-state index in [9.17, 15) is 16.8 Å². The SMILES string of the molecule is CC(C)c1c(OS(=O)(=O)O)cccc1OS(=O)(=O)O. The fraction of sp³-hybridized carbons (Fsp3) is 0.333. The quantitative estimate of drug-likeness (QED) is 0.776. The van der Waals surface area contributed by atoms with E-state index in [1.165, 1.54) is 18.2 Å². The third-order valence-electron chi connectivity index (χ3n) is 1.99. The summed E-state index contributed by atoms with van der Waals surface area (Å²) in [6, 6.07) is 3.66. The zero-order valence-electron chi connectivity index (χ0n) is 9.97. The van der Waals surface area contributed by atoms with Gasteiger partial charge in [0.1, 0.15) is 0 Å². The first-order chi connectivity index (χ1) is 8.49. The van der Waals surface area contributed by atoms with Crippen LogP contribution in [0.3, 0.4) is 0 Å². The maximum absolute atomic E-state index is 10.7. The third kappa shape index (κ3) is 5.03. The Morgan fingerprint density at radius 2 is 1.32 bits per heavy atom.